The Kier molecular flexibility index (Phi) is 1.60. The van der Waals surface area contributed by atoms with Gasteiger partial charge >= 0.3 is 0 Å². The third-order valence-electron chi connectivity index (χ3n) is 2.81. The Morgan fingerprint density at radius 3 is 3.18 bits per heavy atom. The van der Waals surface area contributed by atoms with Gasteiger partial charge in [-0.2, -0.15) is 0 Å². The Bertz CT molecular complexity index is 181. The third-order valence-corrected chi connectivity index (χ3v) is 2.81. The van der Waals surface area contributed by atoms with Gasteiger partial charge < -0.3 is 5.32 Å². The van der Waals surface area contributed by atoms with Crippen LogP contribution in [-0.2, 0) is 4.79 Å². The molecule has 3 heteroatoms. The summed E-state index contributed by atoms with van der Waals surface area (Å²) in [7, 11) is 2.04. The third kappa shape index (κ3) is 1.03. The van der Waals surface area contributed by atoms with Crippen molar-refractivity contribution in [2.75, 3.05) is 20.1 Å². The van der Waals surface area contributed by atoms with Gasteiger partial charge in [-0.1, -0.05) is 0 Å². The first-order valence-corrected chi connectivity index (χ1v) is 4.27. The van der Waals surface area contributed by atoms with Crippen LogP contribution in [-0.4, -0.2) is 37.0 Å². The summed E-state index contributed by atoms with van der Waals surface area (Å²) in [5, 5.41) is 2.91. The van der Waals surface area contributed by atoms with Gasteiger partial charge in [0.1, 0.15) is 0 Å². The molecule has 0 aromatic carbocycles. The monoisotopic (exact) mass is 154 g/mol. The van der Waals surface area contributed by atoms with E-state index < -0.39 is 0 Å². The van der Waals surface area contributed by atoms with Crippen LogP contribution in [0, 0.1) is 5.92 Å². The van der Waals surface area contributed by atoms with E-state index in [2.05, 4.69) is 10.2 Å². The van der Waals surface area contributed by atoms with Gasteiger partial charge in [-0.25, -0.2) is 0 Å². The molecule has 2 heterocycles. The lowest BCUT2D eigenvalue weighted by Gasteiger charge is -2.31. The average Bonchev–Trinajstić information content (AvgIpc) is 2.34. The number of carbonyl (C=O) groups is 1. The Morgan fingerprint density at radius 1 is 1.64 bits per heavy atom. The van der Waals surface area contributed by atoms with Crippen LogP contribution in [0.4, 0.5) is 0 Å². The summed E-state index contributed by atoms with van der Waals surface area (Å²) in [6.07, 6.45) is 2.46. The summed E-state index contributed by atoms with van der Waals surface area (Å²) < 4.78 is 0. The Hall–Kier alpha value is -0.570. The second-order valence-corrected chi connectivity index (χ2v) is 3.57. The molecule has 11 heavy (non-hydrogen) atoms. The zero-order valence-corrected chi connectivity index (χ0v) is 6.84. The van der Waals surface area contributed by atoms with Crippen LogP contribution in [0.1, 0.15) is 12.8 Å². The Balaban J connectivity index is 2.14. The van der Waals surface area contributed by atoms with Crippen LogP contribution in [0.2, 0.25) is 0 Å². The second kappa shape index (κ2) is 2.48. The molecular weight excluding hydrogens is 140 g/mol. The number of nitrogens with zero attached hydrogens (tertiary/aromatic N) is 1. The van der Waals surface area contributed by atoms with E-state index >= 15 is 0 Å². The fourth-order valence-electron chi connectivity index (χ4n) is 2.22. The zero-order valence-electron chi connectivity index (χ0n) is 6.84. The molecule has 2 unspecified atom stereocenters. The molecule has 1 N–H and O–H groups in total. The molecule has 1 amide bonds. The largest absolute Gasteiger partial charge is 0.354 e. The SMILES string of the molecule is CN1CCCC2CNC(=O)C21. The molecule has 3 nitrogen and oxygen atoms in total. The second-order valence-electron chi connectivity index (χ2n) is 3.57. The molecule has 2 fully saturated rings. The van der Waals surface area contributed by atoms with Gasteiger partial charge in [0.2, 0.25) is 5.91 Å². The summed E-state index contributed by atoms with van der Waals surface area (Å²) in [6, 6.07) is 0.184. The van der Waals surface area contributed by atoms with Crippen LogP contribution >= 0.6 is 0 Å². The van der Waals surface area contributed by atoms with Crippen LogP contribution < -0.4 is 5.32 Å². The maximum Gasteiger partial charge on any atom is 0.237 e. The minimum Gasteiger partial charge on any atom is -0.354 e. The quantitative estimate of drug-likeness (QED) is 0.525. The Labute approximate surface area is 66.8 Å². The van der Waals surface area contributed by atoms with Crippen molar-refractivity contribution in [3.8, 4) is 0 Å². The van der Waals surface area contributed by atoms with Gasteiger partial charge in [0.05, 0.1) is 6.04 Å². The number of hydrogen-bond donors (Lipinski definition) is 1. The van der Waals surface area contributed by atoms with Gasteiger partial charge in [0, 0.05) is 12.5 Å². The number of piperidine rings is 1. The van der Waals surface area contributed by atoms with Crippen molar-refractivity contribution in [2.45, 2.75) is 18.9 Å². The number of fused-ring (bicyclic) bond motifs is 1. The topological polar surface area (TPSA) is 32.3 Å². The number of hydrogen-bond acceptors (Lipinski definition) is 2. The van der Waals surface area contributed by atoms with E-state index in [9.17, 15) is 4.79 Å². The number of carbonyl (C=O) groups excluding carboxylic acids is 1. The molecule has 0 aliphatic carbocycles. The Morgan fingerprint density at radius 2 is 2.45 bits per heavy atom. The van der Waals surface area contributed by atoms with Gasteiger partial charge in [0.25, 0.3) is 0 Å². The minimum atomic E-state index is 0.184. The van der Waals surface area contributed by atoms with Crippen molar-refractivity contribution >= 4 is 5.91 Å². The lowest BCUT2D eigenvalue weighted by molar-refractivity contribution is -0.124. The smallest absolute Gasteiger partial charge is 0.237 e. The first-order chi connectivity index (χ1) is 5.29. The predicted octanol–water partition coefficient (Wildman–Crippen LogP) is -0.173. The molecule has 0 spiro atoms. The molecule has 62 valence electrons. The van der Waals surface area contributed by atoms with Crippen molar-refractivity contribution in [3.05, 3.63) is 0 Å². The first kappa shape index (κ1) is 7.10. The molecular formula is C8H14N2O. The highest BCUT2D eigenvalue weighted by Crippen LogP contribution is 2.25. The van der Waals surface area contributed by atoms with Gasteiger partial charge in [0.15, 0.2) is 0 Å². The van der Waals surface area contributed by atoms with Crippen molar-refractivity contribution < 1.29 is 4.79 Å². The molecule has 0 saturated carbocycles. The van der Waals surface area contributed by atoms with Crippen LogP contribution in [0.3, 0.4) is 0 Å². The van der Waals surface area contributed by atoms with Crippen LogP contribution in [0.25, 0.3) is 0 Å². The van der Waals surface area contributed by atoms with Gasteiger partial charge in [-0.3, -0.25) is 9.69 Å². The van der Waals surface area contributed by atoms with E-state index in [0.717, 1.165) is 13.1 Å². The summed E-state index contributed by atoms with van der Waals surface area (Å²) in [5.74, 6) is 0.818. The molecule has 2 saturated heterocycles. The molecule has 0 aromatic rings. The average molecular weight is 154 g/mol. The van der Waals surface area contributed by atoms with Crippen LogP contribution in [0.5, 0.6) is 0 Å². The van der Waals surface area contributed by atoms with Crippen molar-refractivity contribution in [2.24, 2.45) is 5.92 Å². The molecule has 2 aliphatic rings. The van der Waals surface area contributed by atoms with E-state index in [1.54, 1.807) is 0 Å². The molecule has 2 rings (SSSR count). The minimum absolute atomic E-state index is 0.184. The summed E-state index contributed by atoms with van der Waals surface area (Å²) in [5.41, 5.74) is 0. The standard InChI is InChI=1S/C8H14N2O/c1-10-4-2-3-6-5-9-8(11)7(6)10/h6-7H,2-5H2,1H3,(H,9,11). The molecule has 0 bridgehead atoms. The zero-order chi connectivity index (χ0) is 7.84. The van der Waals surface area contributed by atoms with Gasteiger partial charge in [-0.05, 0) is 26.4 Å². The number of likely N-dealkylation sites (tertiary alicyclic amines) is 1. The fraction of sp³-hybridized carbons (Fsp3) is 0.875. The molecule has 0 radical (unpaired) electrons. The van der Waals surface area contributed by atoms with Crippen molar-refractivity contribution in [1.82, 2.24) is 10.2 Å². The van der Waals surface area contributed by atoms with E-state index in [-0.39, 0.29) is 11.9 Å². The van der Waals surface area contributed by atoms with Gasteiger partial charge in [-0.15, -0.1) is 0 Å². The number of nitrogens with one attached hydrogen (secondary N) is 1. The summed E-state index contributed by atoms with van der Waals surface area (Å²) in [6.45, 7) is 1.97. The van der Waals surface area contributed by atoms with E-state index in [1.807, 2.05) is 7.05 Å². The normalized spacial score (nSPS) is 38.5. The molecule has 0 aromatic heterocycles. The predicted molar refractivity (Wildman–Crippen MR) is 42.2 cm³/mol. The highest BCUT2D eigenvalue weighted by molar-refractivity contribution is 5.84. The maximum absolute atomic E-state index is 11.3. The molecule has 2 aliphatic heterocycles. The first-order valence-electron chi connectivity index (χ1n) is 4.27. The summed E-state index contributed by atoms with van der Waals surface area (Å²) in [4.78, 5) is 13.4. The lowest BCUT2D eigenvalue weighted by Crippen LogP contribution is -2.44. The summed E-state index contributed by atoms with van der Waals surface area (Å²) >= 11 is 0. The number of amides is 1. The number of rotatable bonds is 0. The highest BCUT2D eigenvalue weighted by atomic mass is 16.2. The van der Waals surface area contributed by atoms with E-state index in [4.69, 9.17) is 0 Å². The van der Waals surface area contributed by atoms with Crippen LogP contribution in [0.15, 0.2) is 0 Å². The fourth-order valence-corrected chi connectivity index (χ4v) is 2.22. The highest BCUT2D eigenvalue weighted by Gasteiger charge is 2.39. The molecule has 2 atom stereocenters. The lowest BCUT2D eigenvalue weighted by atomic mass is 9.92. The van der Waals surface area contributed by atoms with E-state index in [1.165, 1.54) is 12.8 Å². The van der Waals surface area contributed by atoms with E-state index in [0.29, 0.717) is 5.92 Å². The van der Waals surface area contributed by atoms with Crippen molar-refractivity contribution in [1.29, 1.82) is 0 Å². The maximum atomic E-state index is 11.3. The van der Waals surface area contributed by atoms with Crippen molar-refractivity contribution in [3.63, 3.8) is 0 Å². The number of likely N-dealkylation sites (N-methyl/N-ethyl adjacent to an activating group) is 1.